The van der Waals surface area contributed by atoms with Gasteiger partial charge in [-0.2, -0.15) is 0 Å². The minimum atomic E-state index is -3.00. The van der Waals surface area contributed by atoms with Gasteiger partial charge < -0.3 is 42.3 Å². The van der Waals surface area contributed by atoms with Crippen LogP contribution in [0.3, 0.4) is 0 Å². The van der Waals surface area contributed by atoms with E-state index in [1.165, 1.54) is 31.1 Å². The van der Waals surface area contributed by atoms with Crippen molar-refractivity contribution < 1.29 is 44.7 Å². The number of fused-ring (bicyclic) bond motifs is 3. The Morgan fingerprint density at radius 1 is 1.11 bits per heavy atom. The Labute approximate surface area is 254 Å². The van der Waals surface area contributed by atoms with Gasteiger partial charge in [0.05, 0.1) is 35.4 Å². The first-order valence-corrected chi connectivity index (χ1v) is 14.9. The lowest BCUT2D eigenvalue weighted by molar-refractivity contribution is -0.169. The summed E-state index contributed by atoms with van der Waals surface area (Å²) in [6, 6.07) is 0.698. The molecule has 0 aliphatic heterocycles. The quantitative estimate of drug-likeness (QED) is 0.165. The smallest absolute Gasteiger partial charge is 0.255 e. The number of anilines is 1. The van der Waals surface area contributed by atoms with Crippen LogP contribution < -0.4 is 16.8 Å². The number of amides is 2. The summed E-state index contributed by atoms with van der Waals surface area (Å²) >= 11 is 0. The molecule has 0 radical (unpaired) electrons. The number of hydrogen-bond donors (Lipinski definition) is 8. The minimum absolute atomic E-state index is 0.0688. The Morgan fingerprint density at radius 3 is 2.34 bits per heavy atom. The van der Waals surface area contributed by atoms with E-state index < -0.39 is 93.3 Å². The highest BCUT2D eigenvalue weighted by atomic mass is 16.4. The molecule has 1 aromatic carbocycles. The van der Waals surface area contributed by atoms with Crippen LogP contribution in [-0.4, -0.2) is 91.7 Å². The average molecular weight is 613 g/mol. The van der Waals surface area contributed by atoms with Gasteiger partial charge in [0.25, 0.3) is 5.91 Å². The third-order valence-corrected chi connectivity index (χ3v) is 10.0. The van der Waals surface area contributed by atoms with E-state index in [1.807, 2.05) is 0 Å². The highest BCUT2D eigenvalue weighted by molar-refractivity contribution is 6.24. The Morgan fingerprint density at radius 2 is 1.75 bits per heavy atom. The van der Waals surface area contributed by atoms with Gasteiger partial charge in [0.2, 0.25) is 11.7 Å². The predicted molar refractivity (Wildman–Crippen MR) is 158 cm³/mol. The zero-order chi connectivity index (χ0) is 32.4. The van der Waals surface area contributed by atoms with E-state index in [4.69, 9.17) is 11.5 Å². The zero-order valence-corrected chi connectivity index (χ0v) is 24.9. The van der Waals surface area contributed by atoms with E-state index in [0.717, 1.165) is 32.1 Å². The van der Waals surface area contributed by atoms with Gasteiger partial charge >= 0.3 is 0 Å². The van der Waals surface area contributed by atoms with Crippen LogP contribution >= 0.6 is 0 Å². The number of carbonyl (C=O) groups excluding carboxylic acids is 4. The van der Waals surface area contributed by atoms with Crippen LogP contribution in [0.2, 0.25) is 0 Å². The van der Waals surface area contributed by atoms with Crippen molar-refractivity contribution in [3.63, 3.8) is 0 Å². The van der Waals surface area contributed by atoms with Gasteiger partial charge in [-0.15, -0.1) is 0 Å². The Bertz CT molecular complexity index is 1490. The van der Waals surface area contributed by atoms with Crippen molar-refractivity contribution in [1.82, 2.24) is 4.90 Å². The van der Waals surface area contributed by atoms with Crippen molar-refractivity contribution in [1.29, 1.82) is 0 Å². The molecule has 238 valence electrons. The molecule has 0 bridgehead atoms. The van der Waals surface area contributed by atoms with Crippen LogP contribution in [-0.2, 0) is 19.2 Å². The van der Waals surface area contributed by atoms with Crippen molar-refractivity contribution in [3.05, 3.63) is 40.2 Å². The molecule has 10 N–H and O–H groups in total. The number of nitrogens with one attached hydrogen (secondary N) is 1. The number of nitrogens with zero attached hydrogens (tertiary/aromatic N) is 1. The molecule has 7 atom stereocenters. The number of benzene rings is 1. The fourth-order valence-corrected chi connectivity index (χ4v) is 7.83. The van der Waals surface area contributed by atoms with Gasteiger partial charge in [0, 0.05) is 11.5 Å². The van der Waals surface area contributed by atoms with Crippen molar-refractivity contribution >= 4 is 34.8 Å². The van der Waals surface area contributed by atoms with Crippen LogP contribution in [0.5, 0.6) is 5.75 Å². The van der Waals surface area contributed by atoms with Gasteiger partial charge in [-0.05, 0) is 44.0 Å². The van der Waals surface area contributed by atoms with E-state index >= 15 is 0 Å². The fraction of sp³-hybridized carbons (Fsp3) is 0.548. The van der Waals surface area contributed by atoms with Crippen LogP contribution in [0.1, 0.15) is 62.5 Å². The van der Waals surface area contributed by atoms with Gasteiger partial charge in [-0.1, -0.05) is 45.1 Å². The number of aromatic hydroxyl groups is 1. The first kappa shape index (κ1) is 31.6. The molecule has 4 aliphatic rings. The third kappa shape index (κ3) is 4.61. The summed E-state index contributed by atoms with van der Waals surface area (Å²) in [6.45, 7) is 1.63. The number of primary amides is 1. The van der Waals surface area contributed by atoms with Gasteiger partial charge in [-0.25, -0.2) is 0 Å². The summed E-state index contributed by atoms with van der Waals surface area (Å²) in [4.78, 5) is 53.8. The highest BCUT2D eigenvalue weighted by Gasteiger charge is 2.68. The van der Waals surface area contributed by atoms with E-state index in [1.54, 1.807) is 6.92 Å². The molecule has 0 aromatic heterocycles. The number of phenols is 1. The summed E-state index contributed by atoms with van der Waals surface area (Å²) in [7, 11) is 2.89. The molecular formula is C31H40N4O9. The highest BCUT2D eigenvalue weighted by Crippen LogP contribution is 2.56. The lowest BCUT2D eigenvalue weighted by Crippen LogP contribution is -2.70. The predicted octanol–water partition coefficient (Wildman–Crippen LogP) is 0.732. The maximum Gasteiger partial charge on any atom is 0.255 e. The first-order chi connectivity index (χ1) is 20.6. The van der Waals surface area contributed by atoms with Gasteiger partial charge in [-0.3, -0.25) is 24.1 Å². The molecule has 1 aromatic rings. The molecule has 4 aliphatic carbocycles. The number of hydrogen-bond acceptors (Lipinski definition) is 11. The topological polar surface area (TPSA) is 237 Å². The zero-order valence-electron chi connectivity index (χ0n) is 24.9. The normalized spacial score (nSPS) is 31.4. The molecule has 0 spiro atoms. The number of rotatable bonds is 6. The largest absolute Gasteiger partial charge is 0.508 e. The summed E-state index contributed by atoms with van der Waals surface area (Å²) in [5, 5.41) is 59.9. The summed E-state index contributed by atoms with van der Waals surface area (Å²) in [5.41, 5.74) is 7.08. The minimum Gasteiger partial charge on any atom is -0.508 e. The number of Topliss-reactive ketones (excluding diaryl/α,β-unsaturated/α-hetero) is 2. The van der Waals surface area contributed by atoms with Crippen molar-refractivity contribution in [2.75, 3.05) is 19.4 Å². The number of ketones is 2. The number of aliphatic hydroxyl groups is 4. The summed E-state index contributed by atoms with van der Waals surface area (Å²) < 4.78 is 0. The Kier molecular flexibility index (Phi) is 8.12. The molecular weight excluding hydrogens is 572 g/mol. The van der Waals surface area contributed by atoms with Crippen molar-refractivity contribution in [2.45, 2.75) is 75.2 Å². The van der Waals surface area contributed by atoms with Crippen LogP contribution in [0.25, 0.3) is 5.76 Å². The molecule has 2 saturated carbocycles. The average Bonchev–Trinajstić information content (AvgIpc) is 2.96. The monoisotopic (exact) mass is 612 g/mol. The molecule has 44 heavy (non-hydrogen) atoms. The fourth-order valence-electron chi connectivity index (χ4n) is 7.83. The Balaban J connectivity index is 1.57. The van der Waals surface area contributed by atoms with Crippen LogP contribution in [0.4, 0.5) is 5.69 Å². The second-order valence-corrected chi connectivity index (χ2v) is 12.8. The maximum atomic E-state index is 14.1. The molecule has 13 heteroatoms. The van der Waals surface area contributed by atoms with E-state index in [-0.39, 0.29) is 11.3 Å². The molecule has 2 fully saturated rings. The SMILES string of the molecule is CC1c2ccc(NC(=O)[C@@H](N)CC3CCCCC3)c(O)c2C(O)=C2C(=O)[C@]3(O)C(O)=C(C(N)=O)C(=O)[C@@H](N(C)C)C3C(O)C21. The molecule has 13 nitrogen and oxygen atoms in total. The van der Waals surface area contributed by atoms with Crippen molar-refractivity contribution in [2.24, 2.45) is 29.2 Å². The number of aliphatic hydroxyl groups excluding tert-OH is 3. The first-order valence-electron chi connectivity index (χ1n) is 14.9. The van der Waals surface area contributed by atoms with Gasteiger partial charge in [0.1, 0.15) is 22.8 Å². The van der Waals surface area contributed by atoms with Crippen LogP contribution in [0, 0.1) is 17.8 Å². The van der Waals surface area contributed by atoms with Crippen molar-refractivity contribution in [3.8, 4) is 5.75 Å². The molecule has 5 rings (SSSR count). The standard InChI is InChI=1S/C31H40N4O9/c1-12-14-9-10-16(34-30(43)15(32)11-13-7-5-4-6-8-13)23(36)18(14)24(37)19-17(12)25(38)21-22(35(2)3)26(39)20(29(33)42)28(41)31(21,44)27(19)40/h9-10,12-13,15,17,21-22,25,36-38,41,44H,4-8,11,32H2,1-3H3,(H2,33,42)(H,34,43)/t12?,15-,17?,21?,22-,25?,31-/m0/s1. The number of phenolic OH excluding ortho intramolecular Hbond substituents is 1. The lowest BCUT2D eigenvalue weighted by atomic mass is 9.54. The van der Waals surface area contributed by atoms with E-state index in [0.29, 0.717) is 17.9 Å². The molecule has 4 unspecified atom stereocenters. The van der Waals surface area contributed by atoms with E-state index in [2.05, 4.69) is 5.32 Å². The van der Waals surface area contributed by atoms with E-state index in [9.17, 15) is 44.7 Å². The molecule has 2 amide bonds. The Hall–Kier alpha value is -3.78. The number of carbonyl (C=O) groups is 4. The summed E-state index contributed by atoms with van der Waals surface area (Å²) in [6.07, 6.45) is 4.12. The number of nitrogens with two attached hydrogens (primary N) is 2. The molecule has 0 heterocycles. The lowest BCUT2D eigenvalue weighted by Gasteiger charge is -2.53. The maximum absolute atomic E-state index is 14.1. The van der Waals surface area contributed by atoms with Crippen LogP contribution in [0.15, 0.2) is 29.0 Å². The second kappa shape index (κ2) is 11.3. The van der Waals surface area contributed by atoms with Gasteiger partial charge in [0.15, 0.2) is 11.4 Å². The molecule has 0 saturated heterocycles. The number of likely N-dealkylation sites (N-methyl/N-ethyl adjacent to an activating group) is 1. The summed E-state index contributed by atoms with van der Waals surface area (Å²) in [5.74, 6) is -10.0. The third-order valence-electron chi connectivity index (χ3n) is 10.0. The second-order valence-electron chi connectivity index (χ2n) is 12.8.